The van der Waals surface area contributed by atoms with Crippen LogP contribution in [0.5, 0.6) is 0 Å². The molecule has 0 aliphatic heterocycles. The van der Waals surface area contributed by atoms with Crippen molar-refractivity contribution in [2.24, 2.45) is 0 Å². The Hall–Kier alpha value is -1.95. The fourth-order valence-corrected chi connectivity index (χ4v) is 2.20. The molecule has 2 rings (SSSR count). The highest BCUT2D eigenvalue weighted by molar-refractivity contribution is 9.10. The van der Waals surface area contributed by atoms with Gasteiger partial charge in [-0.05, 0) is 44.0 Å². The summed E-state index contributed by atoms with van der Waals surface area (Å²) in [6.45, 7) is 6.01. The van der Waals surface area contributed by atoms with Crippen molar-refractivity contribution >= 4 is 27.7 Å². The normalized spacial score (nSPS) is 10.5. The third kappa shape index (κ3) is 3.21. The average Bonchev–Trinajstić information content (AvgIpc) is 2.44. The second kappa shape index (κ2) is 6.22. The number of aromatic nitrogens is 2. The Bertz CT molecular complexity index is 678. The molecule has 1 aromatic carbocycles. The van der Waals surface area contributed by atoms with Gasteiger partial charge in [-0.1, -0.05) is 15.9 Å². The number of benzene rings is 1. The summed E-state index contributed by atoms with van der Waals surface area (Å²) in [6.07, 6.45) is 1.41. The first-order chi connectivity index (χ1) is 9.93. The smallest absolute Gasteiger partial charge is 0.343 e. The first-order valence-corrected chi connectivity index (χ1v) is 7.30. The molecular formula is C15H16BrN3O2. The van der Waals surface area contributed by atoms with Gasteiger partial charge < -0.3 is 10.5 Å². The quantitative estimate of drug-likeness (QED) is 0.860. The van der Waals surface area contributed by atoms with Gasteiger partial charge in [-0.3, -0.25) is 0 Å². The lowest BCUT2D eigenvalue weighted by molar-refractivity contribution is 0.0527. The Kier molecular flexibility index (Phi) is 4.57. The molecule has 0 aliphatic carbocycles. The van der Waals surface area contributed by atoms with Gasteiger partial charge in [-0.25, -0.2) is 14.8 Å². The van der Waals surface area contributed by atoms with Crippen LogP contribution < -0.4 is 5.73 Å². The molecule has 0 saturated heterocycles. The molecule has 6 heteroatoms. The third-order valence-corrected chi connectivity index (χ3v) is 4.26. The Balaban J connectivity index is 2.43. The van der Waals surface area contributed by atoms with E-state index in [0.717, 1.165) is 21.2 Å². The molecule has 0 radical (unpaired) electrons. The van der Waals surface area contributed by atoms with Gasteiger partial charge in [-0.2, -0.15) is 0 Å². The lowest BCUT2D eigenvalue weighted by Crippen LogP contribution is -2.10. The minimum absolute atomic E-state index is 0.122. The molecule has 0 unspecified atom stereocenters. The van der Waals surface area contributed by atoms with E-state index in [9.17, 15) is 4.79 Å². The van der Waals surface area contributed by atoms with E-state index in [1.165, 1.54) is 6.20 Å². The van der Waals surface area contributed by atoms with Crippen LogP contribution >= 0.6 is 15.9 Å². The van der Waals surface area contributed by atoms with Crippen molar-refractivity contribution in [3.05, 3.63) is 39.5 Å². The molecule has 2 aromatic rings. The maximum atomic E-state index is 11.7. The van der Waals surface area contributed by atoms with E-state index in [2.05, 4.69) is 25.9 Å². The highest BCUT2D eigenvalue weighted by Gasteiger charge is 2.15. The number of nitrogens with zero attached hydrogens (tertiary/aromatic N) is 2. The fourth-order valence-electron chi connectivity index (χ4n) is 1.98. The zero-order valence-electron chi connectivity index (χ0n) is 12.1. The zero-order chi connectivity index (χ0) is 15.6. The van der Waals surface area contributed by atoms with E-state index in [4.69, 9.17) is 10.5 Å². The summed E-state index contributed by atoms with van der Waals surface area (Å²) in [4.78, 5) is 20.1. The topological polar surface area (TPSA) is 78.1 Å². The van der Waals surface area contributed by atoms with Crippen molar-refractivity contribution in [1.82, 2.24) is 9.97 Å². The molecule has 110 valence electrons. The van der Waals surface area contributed by atoms with Gasteiger partial charge in [0, 0.05) is 16.2 Å². The Labute approximate surface area is 131 Å². The predicted octanol–water partition coefficient (Wildman–Crippen LogP) is 3.28. The van der Waals surface area contributed by atoms with Crippen LogP contribution in [-0.4, -0.2) is 22.5 Å². The minimum atomic E-state index is -0.510. The Morgan fingerprint density at radius 3 is 2.48 bits per heavy atom. The molecule has 0 bridgehead atoms. The van der Waals surface area contributed by atoms with E-state index in [1.54, 1.807) is 6.92 Å². The molecule has 5 nitrogen and oxygen atoms in total. The van der Waals surface area contributed by atoms with E-state index in [0.29, 0.717) is 5.82 Å². The molecular weight excluding hydrogens is 334 g/mol. The van der Waals surface area contributed by atoms with Crippen LogP contribution in [-0.2, 0) is 4.74 Å². The summed E-state index contributed by atoms with van der Waals surface area (Å²) in [5, 5.41) is 0. The molecule has 2 N–H and O–H groups in total. The van der Waals surface area contributed by atoms with Crippen LogP contribution in [0.4, 0.5) is 5.82 Å². The van der Waals surface area contributed by atoms with Gasteiger partial charge in [0.1, 0.15) is 11.4 Å². The predicted molar refractivity (Wildman–Crippen MR) is 85.0 cm³/mol. The second-order valence-corrected chi connectivity index (χ2v) is 5.43. The van der Waals surface area contributed by atoms with Gasteiger partial charge in [0.05, 0.1) is 6.61 Å². The molecule has 1 heterocycles. The zero-order valence-corrected chi connectivity index (χ0v) is 13.7. The largest absolute Gasteiger partial charge is 0.462 e. The lowest BCUT2D eigenvalue weighted by atomic mass is 10.1. The maximum Gasteiger partial charge on any atom is 0.343 e. The van der Waals surface area contributed by atoms with E-state index in [1.807, 2.05) is 26.0 Å². The van der Waals surface area contributed by atoms with E-state index < -0.39 is 5.97 Å². The Morgan fingerprint density at radius 2 is 1.95 bits per heavy atom. The van der Waals surface area contributed by atoms with Crippen molar-refractivity contribution in [2.75, 3.05) is 12.3 Å². The first-order valence-electron chi connectivity index (χ1n) is 6.50. The molecule has 0 spiro atoms. The first kappa shape index (κ1) is 15.4. The van der Waals surface area contributed by atoms with E-state index >= 15 is 0 Å². The standard InChI is InChI=1S/C15H16BrN3O2/c1-4-21-15(20)11-7-18-14(19-13(11)17)10-5-8(2)12(16)9(3)6-10/h5-7H,4H2,1-3H3,(H2,17,18,19). The van der Waals surface area contributed by atoms with Crippen LogP contribution in [0.2, 0.25) is 0 Å². The van der Waals surface area contributed by atoms with Gasteiger partial charge in [0.2, 0.25) is 0 Å². The number of carbonyl (C=O) groups is 1. The van der Waals surface area contributed by atoms with Crippen molar-refractivity contribution < 1.29 is 9.53 Å². The van der Waals surface area contributed by atoms with Crippen LogP contribution in [0.3, 0.4) is 0 Å². The number of halogens is 1. The number of hydrogen-bond donors (Lipinski definition) is 1. The number of anilines is 1. The third-order valence-electron chi connectivity index (χ3n) is 3.01. The fraction of sp³-hybridized carbons (Fsp3) is 0.267. The molecule has 0 aliphatic rings. The van der Waals surface area contributed by atoms with Gasteiger partial charge in [-0.15, -0.1) is 0 Å². The van der Waals surface area contributed by atoms with Crippen LogP contribution in [0.15, 0.2) is 22.8 Å². The highest BCUT2D eigenvalue weighted by atomic mass is 79.9. The van der Waals surface area contributed by atoms with Crippen molar-refractivity contribution in [3.8, 4) is 11.4 Å². The number of rotatable bonds is 3. The summed E-state index contributed by atoms with van der Waals surface area (Å²) >= 11 is 3.52. The van der Waals surface area contributed by atoms with Crippen molar-refractivity contribution in [2.45, 2.75) is 20.8 Å². The summed E-state index contributed by atoms with van der Waals surface area (Å²) in [7, 11) is 0. The number of aryl methyl sites for hydroxylation is 2. The average molecular weight is 350 g/mol. The SMILES string of the molecule is CCOC(=O)c1cnc(-c2cc(C)c(Br)c(C)c2)nc1N. The summed E-state index contributed by atoms with van der Waals surface area (Å²) < 4.78 is 5.96. The van der Waals surface area contributed by atoms with Gasteiger partial charge in [0.25, 0.3) is 0 Å². The lowest BCUT2D eigenvalue weighted by Gasteiger charge is -2.09. The summed E-state index contributed by atoms with van der Waals surface area (Å²) in [5.41, 5.74) is 9.05. The minimum Gasteiger partial charge on any atom is -0.462 e. The number of hydrogen-bond acceptors (Lipinski definition) is 5. The molecule has 0 atom stereocenters. The summed E-state index contributed by atoms with van der Waals surface area (Å²) in [6, 6.07) is 3.94. The molecule has 0 fully saturated rings. The molecule has 0 amide bonds. The number of nitrogen functional groups attached to an aromatic ring is 1. The highest BCUT2D eigenvalue weighted by Crippen LogP contribution is 2.27. The van der Waals surface area contributed by atoms with Crippen molar-refractivity contribution in [3.63, 3.8) is 0 Å². The maximum absolute atomic E-state index is 11.7. The number of carbonyl (C=O) groups excluding carboxylic acids is 1. The van der Waals surface area contributed by atoms with Gasteiger partial charge in [0.15, 0.2) is 5.82 Å². The van der Waals surface area contributed by atoms with Crippen LogP contribution in [0.25, 0.3) is 11.4 Å². The number of ether oxygens (including phenoxy) is 1. The van der Waals surface area contributed by atoms with Crippen LogP contribution in [0.1, 0.15) is 28.4 Å². The Morgan fingerprint density at radius 1 is 1.33 bits per heavy atom. The van der Waals surface area contributed by atoms with Gasteiger partial charge >= 0.3 is 5.97 Å². The van der Waals surface area contributed by atoms with Crippen molar-refractivity contribution in [1.29, 1.82) is 0 Å². The van der Waals surface area contributed by atoms with E-state index in [-0.39, 0.29) is 18.0 Å². The van der Waals surface area contributed by atoms with Crippen LogP contribution in [0, 0.1) is 13.8 Å². The second-order valence-electron chi connectivity index (χ2n) is 4.64. The molecule has 0 saturated carbocycles. The number of nitrogens with two attached hydrogens (primary N) is 1. The summed E-state index contributed by atoms with van der Waals surface area (Å²) in [5.74, 6) is 0.0978. The molecule has 1 aromatic heterocycles. The number of esters is 1. The monoisotopic (exact) mass is 349 g/mol. The molecule has 21 heavy (non-hydrogen) atoms.